The molecular weight excluding hydrogens is 216 g/mol. The number of aromatic nitrogens is 2. The quantitative estimate of drug-likeness (QED) is 0.873. The van der Waals surface area contributed by atoms with Gasteiger partial charge in [0.25, 0.3) is 0 Å². The van der Waals surface area contributed by atoms with Crippen LogP contribution in [-0.4, -0.2) is 16.5 Å². The molecule has 0 spiro atoms. The number of nitrogens with zero attached hydrogens (tertiary/aromatic N) is 3. The molecule has 0 fully saturated rings. The lowest BCUT2D eigenvalue weighted by molar-refractivity contribution is 0.502. The van der Waals surface area contributed by atoms with Crippen LogP contribution >= 0.6 is 0 Å². The Morgan fingerprint density at radius 2 is 2.24 bits per heavy atom. The van der Waals surface area contributed by atoms with Crippen LogP contribution in [0.25, 0.3) is 0 Å². The first-order valence-electron chi connectivity index (χ1n) is 5.57. The third kappa shape index (κ3) is 2.75. The van der Waals surface area contributed by atoms with Crippen molar-refractivity contribution in [2.45, 2.75) is 20.4 Å². The molecule has 2 N–H and O–H groups in total. The molecule has 0 unspecified atom stereocenters. The van der Waals surface area contributed by atoms with Crippen molar-refractivity contribution >= 4 is 11.6 Å². The number of furan rings is 1. The number of hydrogen-bond donors (Lipinski definition) is 1. The standard InChI is InChI=1S/C12H16N4O/c1-3-16(8-10-5-4-6-17-10)12-7-11(13)14-9(2)15-12/h4-7H,3,8H2,1-2H3,(H2,13,14,15). The van der Waals surface area contributed by atoms with Crippen LogP contribution in [0.15, 0.2) is 28.9 Å². The van der Waals surface area contributed by atoms with E-state index in [0.29, 0.717) is 18.2 Å². The molecule has 0 aliphatic carbocycles. The molecule has 0 radical (unpaired) electrons. The van der Waals surface area contributed by atoms with E-state index < -0.39 is 0 Å². The van der Waals surface area contributed by atoms with Crippen molar-refractivity contribution in [1.29, 1.82) is 0 Å². The summed E-state index contributed by atoms with van der Waals surface area (Å²) in [5.41, 5.74) is 5.72. The topological polar surface area (TPSA) is 68.2 Å². The van der Waals surface area contributed by atoms with Crippen LogP contribution in [-0.2, 0) is 6.54 Å². The number of anilines is 2. The van der Waals surface area contributed by atoms with Gasteiger partial charge in [-0.3, -0.25) is 0 Å². The number of rotatable bonds is 4. The summed E-state index contributed by atoms with van der Waals surface area (Å²) in [7, 11) is 0. The van der Waals surface area contributed by atoms with E-state index in [2.05, 4.69) is 21.8 Å². The van der Waals surface area contributed by atoms with E-state index in [-0.39, 0.29) is 0 Å². The van der Waals surface area contributed by atoms with Crippen molar-refractivity contribution in [3.05, 3.63) is 36.0 Å². The first-order chi connectivity index (χ1) is 8.19. The maximum Gasteiger partial charge on any atom is 0.134 e. The second-order valence-corrected chi connectivity index (χ2v) is 3.79. The van der Waals surface area contributed by atoms with Gasteiger partial charge in [-0.05, 0) is 26.0 Å². The van der Waals surface area contributed by atoms with Gasteiger partial charge < -0.3 is 15.1 Å². The molecule has 0 saturated heterocycles. The predicted octanol–water partition coefficient (Wildman–Crippen LogP) is 1.99. The van der Waals surface area contributed by atoms with E-state index in [0.717, 1.165) is 18.1 Å². The van der Waals surface area contributed by atoms with Gasteiger partial charge in [-0.2, -0.15) is 0 Å². The molecule has 0 atom stereocenters. The Morgan fingerprint density at radius 3 is 2.82 bits per heavy atom. The first-order valence-corrected chi connectivity index (χ1v) is 5.57. The van der Waals surface area contributed by atoms with E-state index in [1.165, 1.54) is 0 Å². The fourth-order valence-electron chi connectivity index (χ4n) is 1.68. The van der Waals surface area contributed by atoms with Crippen molar-refractivity contribution < 1.29 is 4.42 Å². The zero-order valence-electron chi connectivity index (χ0n) is 10.1. The third-order valence-corrected chi connectivity index (χ3v) is 2.48. The molecule has 2 rings (SSSR count). The molecule has 90 valence electrons. The highest BCUT2D eigenvalue weighted by molar-refractivity contribution is 5.46. The summed E-state index contributed by atoms with van der Waals surface area (Å²) in [6, 6.07) is 5.60. The molecule has 2 aromatic heterocycles. The van der Waals surface area contributed by atoms with Gasteiger partial charge in [-0.15, -0.1) is 0 Å². The van der Waals surface area contributed by atoms with Gasteiger partial charge in [0.15, 0.2) is 0 Å². The molecule has 0 aromatic carbocycles. The van der Waals surface area contributed by atoms with Gasteiger partial charge in [0, 0.05) is 12.6 Å². The smallest absolute Gasteiger partial charge is 0.134 e. The van der Waals surface area contributed by atoms with E-state index in [4.69, 9.17) is 10.2 Å². The van der Waals surface area contributed by atoms with E-state index in [1.54, 1.807) is 12.3 Å². The Hall–Kier alpha value is -2.04. The summed E-state index contributed by atoms with van der Waals surface area (Å²) in [4.78, 5) is 10.5. The Kier molecular flexibility index (Phi) is 3.27. The maximum absolute atomic E-state index is 5.72. The number of nitrogen functional groups attached to an aromatic ring is 1. The molecule has 2 heterocycles. The largest absolute Gasteiger partial charge is 0.467 e. The Balaban J connectivity index is 2.22. The summed E-state index contributed by atoms with van der Waals surface area (Å²) in [5.74, 6) is 2.90. The van der Waals surface area contributed by atoms with Gasteiger partial charge in [0.05, 0.1) is 12.8 Å². The molecule has 0 aliphatic rings. The van der Waals surface area contributed by atoms with Gasteiger partial charge in [-0.25, -0.2) is 9.97 Å². The summed E-state index contributed by atoms with van der Waals surface area (Å²) >= 11 is 0. The highest BCUT2D eigenvalue weighted by Gasteiger charge is 2.10. The van der Waals surface area contributed by atoms with Gasteiger partial charge in [0.1, 0.15) is 23.2 Å². The Labute approximate surface area is 100 Å². The van der Waals surface area contributed by atoms with Gasteiger partial charge in [-0.1, -0.05) is 0 Å². The lowest BCUT2D eigenvalue weighted by atomic mass is 10.3. The summed E-state index contributed by atoms with van der Waals surface area (Å²) in [5, 5.41) is 0. The van der Waals surface area contributed by atoms with Crippen molar-refractivity contribution in [3.8, 4) is 0 Å². The molecule has 0 amide bonds. The van der Waals surface area contributed by atoms with Crippen LogP contribution in [0.1, 0.15) is 18.5 Å². The molecule has 17 heavy (non-hydrogen) atoms. The molecule has 0 bridgehead atoms. The Bertz CT molecular complexity index is 461. The van der Waals surface area contributed by atoms with E-state index in [1.807, 2.05) is 19.1 Å². The SMILES string of the molecule is CCN(Cc1ccco1)c1cc(N)nc(C)n1. The van der Waals surface area contributed by atoms with Gasteiger partial charge >= 0.3 is 0 Å². The number of hydrogen-bond acceptors (Lipinski definition) is 5. The molecule has 5 heteroatoms. The van der Waals surface area contributed by atoms with Crippen molar-refractivity contribution in [2.24, 2.45) is 0 Å². The maximum atomic E-state index is 5.72. The minimum absolute atomic E-state index is 0.491. The van der Waals surface area contributed by atoms with Crippen molar-refractivity contribution in [3.63, 3.8) is 0 Å². The van der Waals surface area contributed by atoms with Crippen LogP contribution in [0.2, 0.25) is 0 Å². The third-order valence-electron chi connectivity index (χ3n) is 2.48. The summed E-state index contributed by atoms with van der Waals surface area (Å²) < 4.78 is 5.33. The first kappa shape index (κ1) is 11.4. The minimum atomic E-state index is 0.491. The zero-order valence-corrected chi connectivity index (χ0v) is 10.1. The normalized spacial score (nSPS) is 10.5. The number of aryl methyl sites for hydroxylation is 1. The molecule has 5 nitrogen and oxygen atoms in total. The van der Waals surface area contributed by atoms with E-state index >= 15 is 0 Å². The summed E-state index contributed by atoms with van der Waals surface area (Å²) in [6.07, 6.45) is 1.67. The molecule has 2 aromatic rings. The second kappa shape index (κ2) is 4.86. The summed E-state index contributed by atoms with van der Waals surface area (Å²) in [6.45, 7) is 5.41. The second-order valence-electron chi connectivity index (χ2n) is 3.79. The van der Waals surface area contributed by atoms with Crippen LogP contribution in [0.5, 0.6) is 0 Å². The van der Waals surface area contributed by atoms with Crippen molar-refractivity contribution in [2.75, 3.05) is 17.2 Å². The Morgan fingerprint density at radius 1 is 1.41 bits per heavy atom. The lowest BCUT2D eigenvalue weighted by Gasteiger charge is -2.21. The van der Waals surface area contributed by atoms with Crippen LogP contribution in [0, 0.1) is 6.92 Å². The molecule has 0 aliphatic heterocycles. The monoisotopic (exact) mass is 232 g/mol. The fourth-order valence-corrected chi connectivity index (χ4v) is 1.68. The number of nitrogens with two attached hydrogens (primary N) is 1. The molecule has 0 saturated carbocycles. The minimum Gasteiger partial charge on any atom is -0.467 e. The van der Waals surface area contributed by atoms with Crippen LogP contribution in [0.3, 0.4) is 0 Å². The average molecular weight is 232 g/mol. The highest BCUT2D eigenvalue weighted by Crippen LogP contribution is 2.16. The highest BCUT2D eigenvalue weighted by atomic mass is 16.3. The van der Waals surface area contributed by atoms with E-state index in [9.17, 15) is 0 Å². The van der Waals surface area contributed by atoms with Crippen LogP contribution < -0.4 is 10.6 Å². The fraction of sp³-hybridized carbons (Fsp3) is 0.333. The van der Waals surface area contributed by atoms with Gasteiger partial charge in [0.2, 0.25) is 0 Å². The predicted molar refractivity (Wildman–Crippen MR) is 66.6 cm³/mol. The average Bonchev–Trinajstić information content (AvgIpc) is 2.77. The zero-order chi connectivity index (χ0) is 12.3. The molecular formula is C12H16N4O. The van der Waals surface area contributed by atoms with Crippen molar-refractivity contribution in [1.82, 2.24) is 9.97 Å². The van der Waals surface area contributed by atoms with Crippen LogP contribution in [0.4, 0.5) is 11.6 Å². The lowest BCUT2D eigenvalue weighted by Crippen LogP contribution is -2.23.